The molecular formula is C23H17N5OS. The van der Waals surface area contributed by atoms with Crippen molar-refractivity contribution >= 4 is 28.5 Å². The number of aryl methyl sites for hydroxylation is 1. The second-order valence-electron chi connectivity index (χ2n) is 6.49. The van der Waals surface area contributed by atoms with E-state index in [1.54, 1.807) is 22.3 Å². The molecule has 0 saturated carbocycles. The first kappa shape index (κ1) is 19.3. The molecule has 4 rings (SSSR count). The number of carbonyl (C=O) groups is 1. The Kier molecular flexibility index (Phi) is 5.50. The van der Waals surface area contributed by atoms with Gasteiger partial charge in [0, 0.05) is 28.9 Å². The van der Waals surface area contributed by atoms with Crippen LogP contribution in [-0.2, 0) is 4.79 Å². The van der Waals surface area contributed by atoms with Crippen molar-refractivity contribution in [2.45, 2.75) is 6.92 Å². The fourth-order valence-electron chi connectivity index (χ4n) is 3.01. The van der Waals surface area contributed by atoms with Crippen molar-refractivity contribution in [1.29, 1.82) is 5.26 Å². The number of thiazole rings is 1. The molecule has 0 spiro atoms. The average Bonchev–Trinajstić information content (AvgIpc) is 3.43. The fraction of sp³-hybridized carbons (Fsp3) is 0.0435. The van der Waals surface area contributed by atoms with Crippen molar-refractivity contribution in [1.82, 2.24) is 14.8 Å². The van der Waals surface area contributed by atoms with E-state index >= 15 is 0 Å². The van der Waals surface area contributed by atoms with Crippen LogP contribution in [0.3, 0.4) is 0 Å². The zero-order chi connectivity index (χ0) is 20.9. The number of aromatic nitrogens is 3. The third kappa shape index (κ3) is 4.04. The maximum Gasteiger partial charge on any atom is 0.268 e. The van der Waals surface area contributed by atoms with E-state index in [0.29, 0.717) is 16.4 Å². The number of nitrogens with zero attached hydrogens (tertiary/aromatic N) is 4. The lowest BCUT2D eigenvalue weighted by molar-refractivity contribution is -0.112. The third-order valence-electron chi connectivity index (χ3n) is 4.47. The number of benzene rings is 2. The van der Waals surface area contributed by atoms with Gasteiger partial charge in [0.1, 0.15) is 11.6 Å². The minimum atomic E-state index is -0.505. The maximum absolute atomic E-state index is 12.6. The second-order valence-corrected chi connectivity index (χ2v) is 7.39. The SMILES string of the molecule is Cc1ccccc1-n1cc(/C=C(\C#N)C(=O)Nc2nccs2)c(-c2ccccc2)n1. The number of anilines is 1. The van der Waals surface area contributed by atoms with Crippen LogP contribution < -0.4 is 5.32 Å². The summed E-state index contributed by atoms with van der Waals surface area (Å²) < 4.78 is 1.78. The molecular weight excluding hydrogens is 394 g/mol. The summed E-state index contributed by atoms with van der Waals surface area (Å²) in [7, 11) is 0. The molecule has 2 aromatic heterocycles. The standard InChI is InChI=1S/C23H17N5OS/c1-16-7-5-6-10-20(16)28-15-19(21(27-28)17-8-3-2-4-9-17)13-18(14-24)22(29)26-23-25-11-12-30-23/h2-13,15H,1H3,(H,25,26,29)/b18-13+. The van der Waals surface area contributed by atoms with E-state index in [0.717, 1.165) is 16.8 Å². The van der Waals surface area contributed by atoms with Crippen LogP contribution in [0.5, 0.6) is 0 Å². The van der Waals surface area contributed by atoms with Gasteiger partial charge >= 0.3 is 0 Å². The van der Waals surface area contributed by atoms with Crippen LogP contribution >= 0.6 is 11.3 Å². The molecule has 0 bridgehead atoms. The molecule has 6 nitrogen and oxygen atoms in total. The summed E-state index contributed by atoms with van der Waals surface area (Å²) in [5, 5.41) is 19.2. The van der Waals surface area contributed by atoms with Gasteiger partial charge in [-0.3, -0.25) is 10.1 Å². The molecule has 1 amide bonds. The zero-order valence-corrected chi connectivity index (χ0v) is 16.9. The molecule has 0 radical (unpaired) electrons. The van der Waals surface area contributed by atoms with E-state index in [4.69, 9.17) is 5.10 Å². The Balaban J connectivity index is 1.79. The van der Waals surface area contributed by atoms with Crippen LogP contribution in [0, 0.1) is 18.3 Å². The number of hydrogen-bond donors (Lipinski definition) is 1. The van der Waals surface area contributed by atoms with Crippen LogP contribution in [0.2, 0.25) is 0 Å². The molecule has 7 heteroatoms. The molecule has 0 aliphatic heterocycles. The van der Waals surface area contributed by atoms with Gasteiger partial charge in [-0.15, -0.1) is 11.3 Å². The highest BCUT2D eigenvalue weighted by Gasteiger charge is 2.16. The minimum absolute atomic E-state index is 0.0216. The van der Waals surface area contributed by atoms with Gasteiger partial charge < -0.3 is 0 Å². The zero-order valence-electron chi connectivity index (χ0n) is 16.1. The number of nitrogens with one attached hydrogen (secondary N) is 1. The van der Waals surface area contributed by atoms with Gasteiger partial charge in [0.2, 0.25) is 0 Å². The molecule has 0 fully saturated rings. The first-order valence-corrected chi connectivity index (χ1v) is 10.1. The van der Waals surface area contributed by atoms with Gasteiger partial charge in [-0.25, -0.2) is 9.67 Å². The number of nitriles is 1. The second kappa shape index (κ2) is 8.55. The topological polar surface area (TPSA) is 83.6 Å². The number of hydrogen-bond acceptors (Lipinski definition) is 5. The first-order chi connectivity index (χ1) is 14.7. The maximum atomic E-state index is 12.6. The van der Waals surface area contributed by atoms with E-state index < -0.39 is 5.91 Å². The molecule has 0 atom stereocenters. The summed E-state index contributed by atoms with van der Waals surface area (Å²) in [6.07, 6.45) is 4.99. The summed E-state index contributed by atoms with van der Waals surface area (Å²) in [6, 6.07) is 19.6. The van der Waals surface area contributed by atoms with Gasteiger partial charge in [-0.05, 0) is 24.6 Å². The van der Waals surface area contributed by atoms with Crippen molar-refractivity contribution in [2.75, 3.05) is 5.32 Å². The molecule has 2 aromatic carbocycles. The van der Waals surface area contributed by atoms with E-state index in [2.05, 4.69) is 10.3 Å². The Labute approximate surface area is 177 Å². The Hall–Kier alpha value is -4.02. The van der Waals surface area contributed by atoms with E-state index in [9.17, 15) is 10.1 Å². The molecule has 146 valence electrons. The monoisotopic (exact) mass is 411 g/mol. The summed E-state index contributed by atoms with van der Waals surface area (Å²) in [5.41, 5.74) is 4.24. The highest BCUT2D eigenvalue weighted by atomic mass is 32.1. The van der Waals surface area contributed by atoms with Crippen molar-refractivity contribution in [3.05, 3.63) is 89.1 Å². The lowest BCUT2D eigenvalue weighted by Crippen LogP contribution is -2.13. The molecule has 2 heterocycles. The predicted octanol–water partition coefficient (Wildman–Crippen LogP) is 4.85. The summed E-state index contributed by atoms with van der Waals surface area (Å²) in [4.78, 5) is 16.6. The van der Waals surface area contributed by atoms with Crippen LogP contribution in [-0.4, -0.2) is 20.7 Å². The lowest BCUT2D eigenvalue weighted by Gasteiger charge is -2.04. The first-order valence-electron chi connectivity index (χ1n) is 9.19. The van der Waals surface area contributed by atoms with Gasteiger partial charge in [-0.2, -0.15) is 10.4 Å². The summed E-state index contributed by atoms with van der Waals surface area (Å²) in [5.74, 6) is -0.505. The Bertz CT molecular complexity index is 1250. The van der Waals surface area contributed by atoms with Crippen LogP contribution in [0.1, 0.15) is 11.1 Å². The van der Waals surface area contributed by atoms with Gasteiger partial charge in [0.05, 0.1) is 11.4 Å². The quantitative estimate of drug-likeness (QED) is 0.376. The lowest BCUT2D eigenvalue weighted by atomic mass is 10.1. The molecule has 0 saturated heterocycles. The highest BCUT2D eigenvalue weighted by Crippen LogP contribution is 2.26. The van der Waals surface area contributed by atoms with Crippen LogP contribution in [0.25, 0.3) is 23.0 Å². The van der Waals surface area contributed by atoms with Crippen LogP contribution in [0.15, 0.2) is 77.9 Å². The van der Waals surface area contributed by atoms with Crippen LogP contribution in [0.4, 0.5) is 5.13 Å². The molecule has 0 aliphatic rings. The van der Waals surface area contributed by atoms with Crippen molar-refractivity contribution in [3.63, 3.8) is 0 Å². The van der Waals surface area contributed by atoms with Gasteiger partial charge in [0.15, 0.2) is 5.13 Å². The van der Waals surface area contributed by atoms with Gasteiger partial charge in [0.25, 0.3) is 5.91 Å². The summed E-state index contributed by atoms with van der Waals surface area (Å²) in [6.45, 7) is 2.01. The highest BCUT2D eigenvalue weighted by molar-refractivity contribution is 7.13. The number of amides is 1. The molecule has 1 N–H and O–H groups in total. The molecule has 30 heavy (non-hydrogen) atoms. The average molecular weight is 411 g/mol. The van der Waals surface area contributed by atoms with Crippen molar-refractivity contribution in [3.8, 4) is 23.0 Å². The number of carbonyl (C=O) groups excluding carboxylic acids is 1. The van der Waals surface area contributed by atoms with Crippen molar-refractivity contribution in [2.24, 2.45) is 0 Å². The normalized spacial score (nSPS) is 11.1. The number of para-hydroxylation sites is 1. The molecule has 0 aliphatic carbocycles. The Morgan fingerprint density at radius 2 is 1.93 bits per heavy atom. The van der Waals surface area contributed by atoms with E-state index in [1.807, 2.05) is 73.8 Å². The van der Waals surface area contributed by atoms with E-state index in [-0.39, 0.29) is 5.57 Å². The Morgan fingerprint density at radius 3 is 2.63 bits per heavy atom. The summed E-state index contributed by atoms with van der Waals surface area (Å²) >= 11 is 1.29. The number of rotatable bonds is 5. The van der Waals surface area contributed by atoms with Crippen molar-refractivity contribution < 1.29 is 4.79 Å². The fourth-order valence-corrected chi connectivity index (χ4v) is 3.53. The largest absolute Gasteiger partial charge is 0.297 e. The molecule has 4 aromatic rings. The predicted molar refractivity (Wildman–Crippen MR) is 118 cm³/mol. The van der Waals surface area contributed by atoms with E-state index in [1.165, 1.54) is 11.3 Å². The Morgan fingerprint density at radius 1 is 1.17 bits per heavy atom. The van der Waals surface area contributed by atoms with Gasteiger partial charge in [-0.1, -0.05) is 48.5 Å². The molecule has 0 unspecified atom stereocenters. The minimum Gasteiger partial charge on any atom is -0.297 e. The third-order valence-corrected chi connectivity index (χ3v) is 5.16. The smallest absolute Gasteiger partial charge is 0.268 e.